The Morgan fingerprint density at radius 1 is 0.679 bits per heavy atom. The summed E-state index contributed by atoms with van der Waals surface area (Å²) in [6.07, 6.45) is -15.4. The minimum Gasteiger partial charge on any atom is -0.491 e. The van der Waals surface area contributed by atoms with E-state index in [0.29, 0.717) is 103 Å². The van der Waals surface area contributed by atoms with Crippen LogP contribution >= 0.6 is 15.6 Å². The van der Waals surface area contributed by atoms with Crippen LogP contribution in [-0.2, 0) is 74.7 Å². The Hall–Kier alpha value is -4.69. The molecule has 36 heteroatoms. The number of phosphoric ester groups is 2. The number of pyridine rings is 1. The van der Waals surface area contributed by atoms with Crippen LogP contribution in [0.1, 0.15) is 18.5 Å². The number of aliphatic hydroxyl groups excluding tert-OH is 5. The van der Waals surface area contributed by atoms with Gasteiger partial charge < -0.3 is 108 Å². The molecule has 0 radical (unpaired) electrons. The number of phosphoric acid groups is 2. The average molecular weight is 1200 g/mol. The topological polar surface area (TPSA) is 462 Å². The second kappa shape index (κ2) is 33.6. The number of anilines is 1. The summed E-state index contributed by atoms with van der Waals surface area (Å²) in [5, 5.41) is 70.7. The molecular formula is C45H69N9O25P2. The van der Waals surface area contributed by atoms with E-state index in [9.17, 15) is 54.0 Å². The molecule has 1 aromatic carbocycles. The largest absolute Gasteiger partial charge is 0.491 e. The number of nitrogens with one attached hydrogen (secondary N) is 2. The van der Waals surface area contributed by atoms with Crippen molar-refractivity contribution in [1.82, 2.24) is 40.2 Å². The fraction of sp³-hybridized carbons (Fsp3) is 0.667. The molecule has 11 N–H and O–H groups in total. The molecule has 81 heavy (non-hydrogen) atoms. The third-order valence-corrected chi connectivity index (χ3v) is 14.1. The number of nitrogen functional groups attached to an aromatic ring is 1. The Kier molecular flexibility index (Phi) is 27.1. The van der Waals surface area contributed by atoms with Crippen molar-refractivity contribution >= 4 is 38.4 Å². The van der Waals surface area contributed by atoms with Gasteiger partial charge in [0.25, 0.3) is 5.56 Å². The molecule has 3 aromatic heterocycles. The molecule has 1 amide bonds. The van der Waals surface area contributed by atoms with Gasteiger partial charge in [0.15, 0.2) is 23.9 Å². The van der Waals surface area contributed by atoms with Crippen molar-refractivity contribution in [3.63, 3.8) is 0 Å². The van der Waals surface area contributed by atoms with Gasteiger partial charge in [-0.05, 0) is 31.2 Å². The van der Waals surface area contributed by atoms with E-state index < -0.39 is 95.5 Å². The Morgan fingerprint density at radius 2 is 1.20 bits per heavy atom. The number of aliphatic hydroxyl groups is 5. The van der Waals surface area contributed by atoms with Crippen LogP contribution in [0.2, 0.25) is 0 Å². The van der Waals surface area contributed by atoms with Crippen LogP contribution in [0.3, 0.4) is 0 Å². The fourth-order valence-electron chi connectivity index (χ4n) is 7.43. The Bertz CT molecular complexity index is 2650. The van der Waals surface area contributed by atoms with Crippen molar-refractivity contribution in [2.24, 2.45) is 0 Å². The van der Waals surface area contributed by atoms with Gasteiger partial charge >= 0.3 is 15.6 Å². The highest BCUT2D eigenvalue weighted by atomic mass is 31.3. The van der Waals surface area contributed by atoms with E-state index >= 15 is 0 Å². The van der Waals surface area contributed by atoms with Crippen LogP contribution in [0.25, 0.3) is 22.4 Å². The molecule has 7 unspecified atom stereocenters. The predicted octanol–water partition coefficient (Wildman–Crippen LogP) is -2.74. The molecule has 0 spiro atoms. The molecule has 34 nitrogen and oxygen atoms in total. The summed E-state index contributed by atoms with van der Waals surface area (Å²) in [5.41, 5.74) is 5.88. The number of aromatic nitrogens is 7. The number of aromatic amines is 1. The van der Waals surface area contributed by atoms with Gasteiger partial charge in [-0.2, -0.15) is 4.31 Å². The van der Waals surface area contributed by atoms with Crippen LogP contribution in [0, 0.1) is 6.92 Å². The summed E-state index contributed by atoms with van der Waals surface area (Å²) >= 11 is 0. The summed E-state index contributed by atoms with van der Waals surface area (Å²) in [7, 11) is -11.3. The van der Waals surface area contributed by atoms with Crippen molar-refractivity contribution in [2.75, 3.05) is 131 Å². The minimum atomic E-state index is -5.73. The molecule has 4 aromatic rings. The molecule has 0 saturated carbocycles. The zero-order chi connectivity index (χ0) is 58.2. The Balaban J connectivity index is 0.698. The van der Waals surface area contributed by atoms with Crippen molar-refractivity contribution in [3.8, 4) is 17.1 Å². The normalized spacial score (nSPS) is 23.6. The molecule has 2 aliphatic rings. The molecule has 0 bridgehead atoms. The summed E-state index contributed by atoms with van der Waals surface area (Å²) in [4.78, 5) is 51.4. The molecule has 2 aliphatic heterocycles. The lowest BCUT2D eigenvalue weighted by Gasteiger charge is -2.40. The van der Waals surface area contributed by atoms with E-state index in [-0.39, 0.29) is 49.7 Å². The number of amides is 1. The Labute approximate surface area is 462 Å². The summed E-state index contributed by atoms with van der Waals surface area (Å²) < 4.78 is 101. The highest BCUT2D eigenvalue weighted by molar-refractivity contribution is 7.61. The van der Waals surface area contributed by atoms with Crippen LogP contribution < -0.4 is 21.3 Å². The first kappa shape index (κ1) is 65.5. The number of aryl methyl sites for hydroxylation is 1. The number of benzene rings is 1. The van der Waals surface area contributed by atoms with Gasteiger partial charge in [0.2, 0.25) is 11.7 Å². The molecule has 0 aliphatic carbocycles. The highest BCUT2D eigenvalue weighted by Gasteiger charge is 2.50. The Morgan fingerprint density at radius 3 is 1.75 bits per heavy atom. The second-order valence-corrected chi connectivity index (χ2v) is 20.5. The maximum atomic E-state index is 12.8. The standard InChI is InChI=1S/C45H69N9O25P2/c1-28-50-52-42(53-51-28)29-2-4-30(5-3-29)74-23-22-73-21-20-72-19-18-71-17-16-70-15-14-69-13-12-68-11-10-67-9-8-66-7-6-35(55)47-25-32-37(56)39(58)41(60)45(77-32)78-81(64,65)79-80(62,63)75-26-33-38(57)40(59)44(76-33)54-27-48-36-31(54)24-34(46)49-43(36)61/h2-5,24,27,32-33,37-41,44-45,56-60H,6-23,25-26H2,1H3,(H,47,55)(H,62,63)(H,64,65)(H3,46,49,61)/t32?,33-,37-,38?,39?,40?,41?,44-,45-/m1/s1. The number of hydrogen-bond donors (Lipinski definition) is 10. The van der Waals surface area contributed by atoms with Gasteiger partial charge in [-0.25, -0.2) is 14.1 Å². The average Bonchev–Trinajstić information content (AvgIpc) is 4.08. The molecule has 2 fully saturated rings. The number of nitrogens with two attached hydrogens (primary N) is 1. The third-order valence-electron chi connectivity index (χ3n) is 11.5. The van der Waals surface area contributed by atoms with E-state index in [1.165, 1.54) is 10.6 Å². The first-order valence-corrected chi connectivity index (χ1v) is 28.3. The van der Waals surface area contributed by atoms with Crippen molar-refractivity contribution < 1.29 is 115 Å². The number of carbonyl (C=O) groups is 1. The summed E-state index contributed by atoms with van der Waals surface area (Å²) in [6, 6.07) is 8.62. The SMILES string of the molecule is Cc1nnc(-c2ccc(OCCOCCOCCOCCOCCOCCOCCOCCOCCC(=O)NCC3O[C@H](OP(=O)(O)OP(=O)(O)OC[C@H]4O[C@@H](n5cnc6c(=O)[nH]c(N)cc65)C(O)C4O)C(O)C(O)[C@@H]3O)cc2)nn1. The van der Waals surface area contributed by atoms with Gasteiger partial charge in [-0.1, -0.05) is 0 Å². The number of rotatable bonds is 39. The predicted molar refractivity (Wildman–Crippen MR) is 273 cm³/mol. The van der Waals surface area contributed by atoms with Gasteiger partial charge in [0, 0.05) is 24.6 Å². The lowest BCUT2D eigenvalue weighted by atomic mass is 9.99. The number of carbonyl (C=O) groups excluding carboxylic acids is 1. The van der Waals surface area contributed by atoms with Gasteiger partial charge in [-0.3, -0.25) is 18.6 Å². The van der Waals surface area contributed by atoms with Crippen molar-refractivity contribution in [2.45, 2.75) is 68.6 Å². The van der Waals surface area contributed by atoms with Gasteiger partial charge in [0.1, 0.15) is 60.9 Å². The van der Waals surface area contributed by atoms with E-state index in [0.717, 1.165) is 11.9 Å². The number of imidazole rings is 1. The molecule has 2 saturated heterocycles. The molecular weight excluding hydrogens is 1130 g/mol. The zero-order valence-corrected chi connectivity index (χ0v) is 45.7. The lowest BCUT2D eigenvalue weighted by Crippen LogP contribution is -2.60. The maximum Gasteiger partial charge on any atom is 0.483 e. The lowest BCUT2D eigenvalue weighted by molar-refractivity contribution is -0.273. The quantitative estimate of drug-likeness (QED) is 0.0160. The number of ether oxygens (including phenoxy) is 11. The number of nitrogens with zero attached hydrogens (tertiary/aromatic N) is 6. The van der Waals surface area contributed by atoms with E-state index in [1.54, 1.807) is 6.92 Å². The number of hydrogen-bond acceptors (Lipinski definition) is 29. The van der Waals surface area contributed by atoms with Crippen LogP contribution in [0.15, 0.2) is 41.5 Å². The molecule has 5 heterocycles. The molecule has 11 atom stereocenters. The first-order valence-electron chi connectivity index (χ1n) is 25.3. The summed E-state index contributed by atoms with van der Waals surface area (Å²) in [6.45, 7) is 5.92. The zero-order valence-electron chi connectivity index (χ0n) is 43.9. The van der Waals surface area contributed by atoms with Crippen molar-refractivity contribution in [1.29, 1.82) is 0 Å². The van der Waals surface area contributed by atoms with Crippen LogP contribution in [0.5, 0.6) is 5.75 Å². The van der Waals surface area contributed by atoms with Crippen LogP contribution in [0.4, 0.5) is 5.82 Å². The number of H-pyrrole nitrogens is 1. The molecule has 6 rings (SSSR count). The fourth-order valence-corrected chi connectivity index (χ4v) is 9.59. The maximum absolute atomic E-state index is 12.8. The monoisotopic (exact) mass is 1200 g/mol. The third kappa shape index (κ3) is 21.8. The van der Waals surface area contributed by atoms with Gasteiger partial charge in [0.05, 0.1) is 124 Å². The molecule has 454 valence electrons. The van der Waals surface area contributed by atoms with E-state index in [1.807, 2.05) is 24.3 Å². The van der Waals surface area contributed by atoms with Gasteiger partial charge in [-0.15, -0.1) is 20.4 Å². The van der Waals surface area contributed by atoms with E-state index in [2.05, 4.69) is 40.0 Å². The second-order valence-electron chi connectivity index (χ2n) is 17.5. The first-order chi connectivity index (χ1) is 38.9. The minimum absolute atomic E-state index is 0.0331. The highest BCUT2D eigenvalue weighted by Crippen LogP contribution is 2.61. The number of fused-ring (bicyclic) bond motifs is 1. The smallest absolute Gasteiger partial charge is 0.483 e. The summed E-state index contributed by atoms with van der Waals surface area (Å²) in [5.74, 6) is 1.00. The van der Waals surface area contributed by atoms with Crippen LogP contribution in [-0.4, -0.2) is 251 Å². The van der Waals surface area contributed by atoms with E-state index in [4.69, 9.17) is 66.9 Å². The van der Waals surface area contributed by atoms with Crippen molar-refractivity contribution in [3.05, 3.63) is 52.8 Å².